The number of nitrogens with zero attached hydrogens (tertiary/aromatic N) is 1. The molecule has 1 saturated carbocycles. The maximum atomic E-state index is 12.5. The van der Waals surface area contributed by atoms with Gasteiger partial charge in [0, 0.05) is 6.20 Å². The molecule has 0 aromatic carbocycles. The third kappa shape index (κ3) is 3.35. The zero-order valence-corrected chi connectivity index (χ0v) is 13.7. The maximum absolute atomic E-state index is 12.5. The van der Waals surface area contributed by atoms with Crippen LogP contribution < -0.4 is 5.32 Å². The van der Waals surface area contributed by atoms with Gasteiger partial charge in [0.05, 0.1) is 17.5 Å². The summed E-state index contributed by atoms with van der Waals surface area (Å²) in [4.78, 5) is 16.9. The molecule has 2 aromatic rings. The molecule has 1 N–H and O–H groups in total. The van der Waals surface area contributed by atoms with Crippen molar-refractivity contribution in [3.63, 3.8) is 0 Å². The van der Waals surface area contributed by atoms with Gasteiger partial charge in [0.2, 0.25) is 0 Å². The summed E-state index contributed by atoms with van der Waals surface area (Å²) in [5, 5.41) is 3.11. The molecule has 4 nitrogen and oxygen atoms in total. The van der Waals surface area contributed by atoms with Gasteiger partial charge in [-0.05, 0) is 55.7 Å². The first kappa shape index (κ1) is 15.2. The fraction of sp³-hybridized carbons (Fsp3) is 0.412. The first-order chi connectivity index (χ1) is 10.7. The van der Waals surface area contributed by atoms with Gasteiger partial charge < -0.3 is 9.73 Å². The molecular weight excluding hydrogens is 296 g/mol. The zero-order chi connectivity index (χ0) is 15.5. The number of hydrogen-bond acceptors (Lipinski definition) is 4. The van der Waals surface area contributed by atoms with Gasteiger partial charge in [-0.2, -0.15) is 11.8 Å². The molecule has 0 spiro atoms. The average molecular weight is 316 g/mol. The minimum Gasteiger partial charge on any atom is -0.455 e. The third-order valence-corrected chi connectivity index (χ3v) is 4.47. The summed E-state index contributed by atoms with van der Waals surface area (Å²) in [7, 11) is 0. The fourth-order valence-electron chi connectivity index (χ4n) is 2.59. The summed E-state index contributed by atoms with van der Waals surface area (Å²) in [6.45, 7) is 2.04. The number of amides is 1. The molecule has 22 heavy (non-hydrogen) atoms. The largest absolute Gasteiger partial charge is 0.455 e. The molecule has 0 saturated heterocycles. The van der Waals surface area contributed by atoms with Crippen molar-refractivity contribution in [2.45, 2.75) is 31.6 Å². The van der Waals surface area contributed by atoms with Crippen LogP contribution in [0.5, 0.6) is 0 Å². The monoisotopic (exact) mass is 316 g/mol. The van der Waals surface area contributed by atoms with E-state index in [1.807, 2.05) is 31.4 Å². The van der Waals surface area contributed by atoms with E-state index in [1.165, 1.54) is 0 Å². The van der Waals surface area contributed by atoms with Crippen molar-refractivity contribution in [2.24, 2.45) is 5.92 Å². The molecule has 0 bridgehead atoms. The number of aromatic nitrogens is 1. The Balaban J connectivity index is 1.76. The van der Waals surface area contributed by atoms with Crippen LogP contribution in [0.3, 0.4) is 0 Å². The summed E-state index contributed by atoms with van der Waals surface area (Å²) in [5.41, 5.74) is 2.08. The highest BCUT2D eigenvalue weighted by Crippen LogP contribution is 2.41. The van der Waals surface area contributed by atoms with Crippen LogP contribution in [-0.4, -0.2) is 17.1 Å². The van der Waals surface area contributed by atoms with Crippen molar-refractivity contribution in [1.82, 2.24) is 10.3 Å². The second-order valence-corrected chi connectivity index (χ2v) is 6.56. The SMILES string of the molecule is CSCc1ccc(C(=O)N[C@@H](c2ncccc2C)C2CC2)o1. The molecule has 0 radical (unpaired) electrons. The van der Waals surface area contributed by atoms with Gasteiger partial charge in [-0.15, -0.1) is 0 Å². The van der Waals surface area contributed by atoms with Crippen molar-refractivity contribution >= 4 is 17.7 Å². The van der Waals surface area contributed by atoms with Gasteiger partial charge in [-0.25, -0.2) is 0 Å². The molecule has 1 aliphatic carbocycles. The van der Waals surface area contributed by atoms with Gasteiger partial charge in [0.1, 0.15) is 5.76 Å². The van der Waals surface area contributed by atoms with Crippen LogP contribution in [0.2, 0.25) is 0 Å². The Labute approximate surface area is 134 Å². The molecule has 1 fully saturated rings. The van der Waals surface area contributed by atoms with Crippen molar-refractivity contribution < 1.29 is 9.21 Å². The zero-order valence-electron chi connectivity index (χ0n) is 12.8. The minimum atomic E-state index is -0.158. The van der Waals surface area contributed by atoms with Crippen molar-refractivity contribution in [2.75, 3.05) is 6.26 Å². The van der Waals surface area contributed by atoms with E-state index in [4.69, 9.17) is 4.42 Å². The number of hydrogen-bond donors (Lipinski definition) is 1. The van der Waals surface area contributed by atoms with Gasteiger partial charge in [-0.3, -0.25) is 9.78 Å². The molecule has 0 aliphatic heterocycles. The van der Waals surface area contributed by atoms with E-state index >= 15 is 0 Å². The van der Waals surface area contributed by atoms with Crippen LogP contribution >= 0.6 is 11.8 Å². The van der Waals surface area contributed by atoms with Crippen LogP contribution in [0.25, 0.3) is 0 Å². The van der Waals surface area contributed by atoms with E-state index < -0.39 is 0 Å². The predicted octanol–water partition coefficient (Wildman–Crippen LogP) is 3.73. The van der Waals surface area contributed by atoms with E-state index in [0.717, 1.165) is 35.6 Å². The lowest BCUT2D eigenvalue weighted by atomic mass is 10.0. The minimum absolute atomic E-state index is 0.0252. The van der Waals surface area contributed by atoms with Crippen molar-refractivity contribution in [1.29, 1.82) is 0 Å². The van der Waals surface area contributed by atoms with Crippen molar-refractivity contribution in [3.05, 3.63) is 53.2 Å². The molecule has 3 rings (SSSR count). The van der Waals surface area contributed by atoms with E-state index in [9.17, 15) is 4.79 Å². The summed E-state index contributed by atoms with van der Waals surface area (Å²) in [5.74, 6) is 2.31. The Morgan fingerprint density at radius 1 is 1.45 bits per heavy atom. The standard InChI is InChI=1S/C17H20N2O2S/c1-11-4-3-9-18-15(11)16(12-5-6-12)19-17(20)14-8-7-13(21-14)10-22-2/h3-4,7-9,12,16H,5-6,10H2,1-2H3,(H,19,20)/t16-/m1/s1. The summed E-state index contributed by atoms with van der Waals surface area (Å²) in [6.07, 6.45) is 6.07. The molecular formula is C17H20N2O2S. The lowest BCUT2D eigenvalue weighted by Gasteiger charge is -2.18. The van der Waals surface area contributed by atoms with E-state index in [2.05, 4.69) is 10.3 Å². The van der Waals surface area contributed by atoms with E-state index in [0.29, 0.717) is 11.7 Å². The number of carbonyl (C=O) groups excluding carboxylic acids is 1. The molecule has 5 heteroatoms. The number of nitrogens with one attached hydrogen (secondary N) is 1. The van der Waals surface area contributed by atoms with E-state index in [-0.39, 0.29) is 11.9 Å². The van der Waals surface area contributed by atoms with Gasteiger partial charge in [0.15, 0.2) is 5.76 Å². The summed E-state index contributed by atoms with van der Waals surface area (Å²) >= 11 is 1.67. The lowest BCUT2D eigenvalue weighted by Crippen LogP contribution is -2.30. The fourth-order valence-corrected chi connectivity index (χ4v) is 3.03. The molecule has 0 unspecified atom stereocenters. The molecule has 1 atom stereocenters. The molecule has 1 aliphatic rings. The third-order valence-electron chi connectivity index (χ3n) is 3.90. The molecule has 2 aromatic heterocycles. The Morgan fingerprint density at radius 2 is 2.27 bits per heavy atom. The van der Waals surface area contributed by atoms with Crippen molar-refractivity contribution in [3.8, 4) is 0 Å². The van der Waals surface area contributed by atoms with Crippen LogP contribution in [0.15, 0.2) is 34.9 Å². The smallest absolute Gasteiger partial charge is 0.287 e. The van der Waals surface area contributed by atoms with Crippen LogP contribution in [-0.2, 0) is 5.75 Å². The predicted molar refractivity (Wildman–Crippen MR) is 87.8 cm³/mol. The molecule has 2 heterocycles. The first-order valence-electron chi connectivity index (χ1n) is 7.49. The highest BCUT2D eigenvalue weighted by molar-refractivity contribution is 7.97. The Morgan fingerprint density at radius 3 is 2.95 bits per heavy atom. The van der Waals surface area contributed by atoms with Crippen LogP contribution in [0, 0.1) is 12.8 Å². The number of furan rings is 1. The Bertz CT molecular complexity index is 664. The van der Waals surface area contributed by atoms with E-state index in [1.54, 1.807) is 24.0 Å². The molecule has 1 amide bonds. The maximum Gasteiger partial charge on any atom is 0.287 e. The molecule has 116 valence electrons. The average Bonchev–Trinajstić information content (AvgIpc) is 3.25. The lowest BCUT2D eigenvalue weighted by molar-refractivity contribution is 0.0901. The topological polar surface area (TPSA) is 55.1 Å². The second-order valence-electron chi connectivity index (χ2n) is 5.69. The summed E-state index contributed by atoms with van der Waals surface area (Å²) < 4.78 is 5.60. The van der Waals surface area contributed by atoms with Gasteiger partial charge in [-0.1, -0.05) is 6.07 Å². The van der Waals surface area contributed by atoms with Gasteiger partial charge in [0.25, 0.3) is 5.91 Å². The highest BCUT2D eigenvalue weighted by Gasteiger charge is 2.35. The second kappa shape index (κ2) is 6.57. The van der Waals surface area contributed by atoms with Crippen LogP contribution in [0.1, 0.15) is 46.5 Å². The quantitative estimate of drug-likeness (QED) is 0.882. The summed E-state index contributed by atoms with van der Waals surface area (Å²) in [6, 6.07) is 7.54. The van der Waals surface area contributed by atoms with Gasteiger partial charge >= 0.3 is 0 Å². The highest BCUT2D eigenvalue weighted by atomic mass is 32.2. The Hall–Kier alpha value is -1.75. The normalized spacial score (nSPS) is 15.5. The number of carbonyl (C=O) groups is 1. The first-order valence-corrected chi connectivity index (χ1v) is 8.88. The number of aryl methyl sites for hydroxylation is 1. The number of thioether (sulfide) groups is 1. The Kier molecular flexibility index (Phi) is 4.52. The number of pyridine rings is 1. The van der Waals surface area contributed by atoms with Crippen LogP contribution in [0.4, 0.5) is 0 Å². The number of rotatable bonds is 6.